The van der Waals surface area contributed by atoms with Crippen LogP contribution in [0.1, 0.15) is 20.8 Å². The molecule has 1 atom stereocenters. The zero-order valence-electron chi connectivity index (χ0n) is 9.36. The van der Waals surface area contributed by atoms with Crippen molar-refractivity contribution in [2.45, 2.75) is 25.7 Å². The van der Waals surface area contributed by atoms with Crippen LogP contribution >= 0.6 is 0 Å². The molecule has 0 aromatic heterocycles. The summed E-state index contributed by atoms with van der Waals surface area (Å²) in [7, 11) is -2.77. The molecule has 0 radical (unpaired) electrons. The summed E-state index contributed by atoms with van der Waals surface area (Å²) >= 11 is 0. The van der Waals surface area contributed by atoms with Gasteiger partial charge in [-0.3, -0.25) is 0 Å². The maximum absolute atomic E-state index is 12.0. The van der Waals surface area contributed by atoms with E-state index in [9.17, 15) is 4.21 Å². The Hall–Kier alpha value is -1.09. The minimum atomic E-state index is -2.77. The van der Waals surface area contributed by atoms with Gasteiger partial charge in [0.15, 0.2) is 0 Å². The highest BCUT2D eigenvalue weighted by molar-refractivity contribution is 7.95. The molecule has 2 nitrogen and oxygen atoms in total. The van der Waals surface area contributed by atoms with E-state index in [0.29, 0.717) is 4.90 Å². The molecule has 15 heavy (non-hydrogen) atoms. The first-order chi connectivity index (χ1) is 6.81. The van der Waals surface area contributed by atoms with Crippen molar-refractivity contribution in [3.05, 3.63) is 41.8 Å². The summed E-state index contributed by atoms with van der Waals surface area (Å²) in [6.07, 6.45) is 1.83. The molecule has 1 unspecified atom stereocenters. The summed E-state index contributed by atoms with van der Waals surface area (Å²) in [5, 5.41) is 1.50. The van der Waals surface area contributed by atoms with Gasteiger partial charge in [-0.05, 0) is 17.5 Å². The smallest absolute Gasteiger partial charge is 0.0940 e. The number of hydrogen-bond donors (Lipinski definition) is 1. The lowest BCUT2D eigenvalue weighted by molar-refractivity contribution is 0.544. The molecule has 1 N–H and O–H groups in total. The van der Waals surface area contributed by atoms with Gasteiger partial charge in [0.05, 0.1) is 14.6 Å². The van der Waals surface area contributed by atoms with Crippen LogP contribution < -0.4 is 0 Å². The first kappa shape index (κ1) is 12.0. The predicted octanol–water partition coefficient (Wildman–Crippen LogP) is 3.65. The average molecular weight is 223 g/mol. The topological polar surface area (TPSA) is 40.9 Å². The van der Waals surface area contributed by atoms with Gasteiger partial charge in [-0.25, -0.2) is 8.99 Å². The van der Waals surface area contributed by atoms with Crippen molar-refractivity contribution in [1.29, 1.82) is 4.78 Å². The van der Waals surface area contributed by atoms with Crippen LogP contribution in [0, 0.1) is 10.2 Å². The quantitative estimate of drug-likeness (QED) is 0.816. The first-order valence-corrected chi connectivity index (χ1v) is 6.46. The van der Waals surface area contributed by atoms with E-state index in [1.54, 1.807) is 24.3 Å². The number of benzene rings is 1. The van der Waals surface area contributed by atoms with Gasteiger partial charge in [-0.15, -0.1) is 0 Å². The molecule has 0 aliphatic carbocycles. The lowest BCUT2D eigenvalue weighted by Gasteiger charge is -2.11. The van der Waals surface area contributed by atoms with Crippen LogP contribution in [-0.2, 0) is 9.73 Å². The van der Waals surface area contributed by atoms with E-state index < -0.39 is 9.73 Å². The molecule has 0 aliphatic heterocycles. The Kier molecular flexibility index (Phi) is 3.35. The van der Waals surface area contributed by atoms with Crippen LogP contribution in [0.2, 0.25) is 0 Å². The number of rotatable bonds is 2. The van der Waals surface area contributed by atoms with Gasteiger partial charge in [0.25, 0.3) is 0 Å². The third-order valence-electron chi connectivity index (χ3n) is 1.85. The largest absolute Gasteiger partial charge is 0.245 e. The Morgan fingerprint density at radius 2 is 1.73 bits per heavy atom. The Bertz CT molecular complexity index is 438. The van der Waals surface area contributed by atoms with Crippen molar-refractivity contribution in [3.8, 4) is 0 Å². The molecule has 1 aromatic carbocycles. The van der Waals surface area contributed by atoms with Gasteiger partial charge in [0.1, 0.15) is 0 Å². The fraction of sp³-hybridized carbons (Fsp3) is 0.333. The third-order valence-corrected chi connectivity index (χ3v) is 3.34. The molecule has 1 rings (SSSR count). The summed E-state index contributed by atoms with van der Waals surface area (Å²) in [6, 6.07) is 8.90. The van der Waals surface area contributed by atoms with Crippen LogP contribution in [0.3, 0.4) is 0 Å². The SMILES string of the molecule is CC(C)(C)/C=C/S(=N)(=O)c1ccccc1. The molecule has 0 aliphatic rings. The second kappa shape index (κ2) is 4.19. The second-order valence-electron chi connectivity index (χ2n) is 4.58. The molecule has 3 heteroatoms. The zero-order valence-corrected chi connectivity index (χ0v) is 10.2. The number of hydrogen-bond acceptors (Lipinski definition) is 2. The van der Waals surface area contributed by atoms with Crippen molar-refractivity contribution in [2.24, 2.45) is 5.41 Å². The van der Waals surface area contributed by atoms with Gasteiger partial charge in [-0.2, -0.15) is 0 Å². The Morgan fingerprint density at radius 1 is 1.20 bits per heavy atom. The first-order valence-electron chi connectivity index (χ1n) is 4.84. The summed E-state index contributed by atoms with van der Waals surface area (Å²) in [6.45, 7) is 6.05. The molecular weight excluding hydrogens is 206 g/mol. The molecule has 0 spiro atoms. The van der Waals surface area contributed by atoms with E-state index in [1.807, 2.05) is 32.9 Å². The summed E-state index contributed by atoms with van der Waals surface area (Å²) < 4.78 is 19.8. The van der Waals surface area contributed by atoms with Crippen LogP contribution in [0.15, 0.2) is 46.7 Å². The fourth-order valence-electron chi connectivity index (χ4n) is 1.00. The minimum absolute atomic E-state index is 0.0432. The molecule has 0 saturated heterocycles. The highest BCUT2D eigenvalue weighted by atomic mass is 32.2. The maximum atomic E-state index is 12.0. The summed E-state index contributed by atoms with van der Waals surface area (Å²) in [4.78, 5) is 0.561. The Labute approximate surface area is 92.0 Å². The van der Waals surface area contributed by atoms with Gasteiger partial charge >= 0.3 is 0 Å². The molecule has 0 saturated carbocycles. The van der Waals surface area contributed by atoms with Crippen molar-refractivity contribution in [1.82, 2.24) is 0 Å². The van der Waals surface area contributed by atoms with Gasteiger partial charge in [0, 0.05) is 5.41 Å². The van der Waals surface area contributed by atoms with Gasteiger partial charge in [0.2, 0.25) is 0 Å². The predicted molar refractivity (Wildman–Crippen MR) is 64.2 cm³/mol. The third kappa shape index (κ3) is 3.88. The molecule has 0 fully saturated rings. The van der Waals surface area contributed by atoms with E-state index in [0.717, 1.165) is 0 Å². The summed E-state index contributed by atoms with van der Waals surface area (Å²) in [5.74, 6) is 0. The van der Waals surface area contributed by atoms with Gasteiger partial charge in [-0.1, -0.05) is 45.0 Å². The van der Waals surface area contributed by atoms with E-state index in [2.05, 4.69) is 0 Å². The lowest BCUT2D eigenvalue weighted by Crippen LogP contribution is -2.01. The molecular formula is C12H17NOS. The molecule has 0 heterocycles. The van der Waals surface area contributed by atoms with Crippen molar-refractivity contribution >= 4 is 9.73 Å². The fourth-order valence-corrected chi connectivity index (χ4v) is 2.32. The van der Waals surface area contributed by atoms with Crippen LogP contribution in [-0.4, -0.2) is 4.21 Å². The maximum Gasteiger partial charge on any atom is 0.0940 e. The van der Waals surface area contributed by atoms with Crippen molar-refractivity contribution < 1.29 is 4.21 Å². The second-order valence-corrected chi connectivity index (χ2v) is 6.53. The average Bonchev–Trinajstić information content (AvgIpc) is 2.16. The molecule has 0 bridgehead atoms. The van der Waals surface area contributed by atoms with E-state index in [1.165, 1.54) is 5.41 Å². The molecule has 1 aromatic rings. The Balaban J connectivity index is 3.01. The van der Waals surface area contributed by atoms with E-state index in [4.69, 9.17) is 4.78 Å². The normalized spacial score (nSPS) is 16.5. The van der Waals surface area contributed by atoms with E-state index in [-0.39, 0.29) is 5.41 Å². The highest BCUT2D eigenvalue weighted by Crippen LogP contribution is 2.19. The van der Waals surface area contributed by atoms with Crippen LogP contribution in [0.25, 0.3) is 0 Å². The molecule has 82 valence electrons. The molecule has 0 amide bonds. The van der Waals surface area contributed by atoms with Crippen molar-refractivity contribution in [2.75, 3.05) is 0 Å². The number of allylic oxidation sites excluding steroid dienone is 1. The lowest BCUT2D eigenvalue weighted by atomic mass is 9.98. The highest BCUT2D eigenvalue weighted by Gasteiger charge is 2.09. The van der Waals surface area contributed by atoms with Crippen molar-refractivity contribution in [3.63, 3.8) is 0 Å². The minimum Gasteiger partial charge on any atom is -0.245 e. The van der Waals surface area contributed by atoms with Gasteiger partial charge < -0.3 is 0 Å². The standard InChI is InChI=1S/C12H17NOS/c1-12(2,3)9-10-15(13,14)11-7-5-4-6-8-11/h4-10,13H,1-3H3/b10-9+. The van der Waals surface area contributed by atoms with E-state index >= 15 is 0 Å². The summed E-state index contributed by atoms with van der Waals surface area (Å²) in [5.41, 5.74) is -0.0432. The van der Waals surface area contributed by atoms with Crippen LogP contribution in [0.4, 0.5) is 0 Å². The number of nitrogens with one attached hydrogen (secondary N) is 1. The zero-order chi connectivity index (χ0) is 11.5. The monoisotopic (exact) mass is 223 g/mol. The van der Waals surface area contributed by atoms with Crippen LogP contribution in [0.5, 0.6) is 0 Å². The Morgan fingerprint density at radius 3 is 2.20 bits per heavy atom.